The number of nitrogens with one attached hydrogen (secondary N) is 1. The lowest BCUT2D eigenvalue weighted by Crippen LogP contribution is -2.15. The van der Waals surface area contributed by atoms with Crippen molar-refractivity contribution >= 4 is 17.6 Å². The fraction of sp³-hybridized carbons (Fsp3) is 0.263. The lowest BCUT2D eigenvalue weighted by Gasteiger charge is -2.07. The topological polar surface area (TPSA) is 64.6 Å². The molecular weight excluding hydrogens is 306 g/mol. The monoisotopic (exact) mass is 325 g/mol. The predicted molar refractivity (Wildman–Crippen MR) is 90.3 cm³/mol. The van der Waals surface area contributed by atoms with Gasteiger partial charge in [-0.3, -0.25) is 4.79 Å². The van der Waals surface area contributed by atoms with E-state index in [0.29, 0.717) is 11.3 Å². The van der Waals surface area contributed by atoms with E-state index in [1.165, 1.54) is 7.11 Å². The minimum Gasteiger partial charge on any atom is -0.497 e. The third kappa shape index (κ3) is 3.40. The molecule has 0 aromatic heterocycles. The molecule has 5 heteroatoms. The fourth-order valence-corrected chi connectivity index (χ4v) is 2.78. The van der Waals surface area contributed by atoms with Crippen LogP contribution < -0.4 is 10.1 Å². The van der Waals surface area contributed by atoms with E-state index < -0.39 is 5.97 Å². The zero-order valence-corrected chi connectivity index (χ0v) is 13.6. The molecule has 2 atom stereocenters. The molecule has 1 aliphatic rings. The number of ether oxygens (including phenoxy) is 2. The van der Waals surface area contributed by atoms with E-state index in [2.05, 4.69) is 10.1 Å². The summed E-state index contributed by atoms with van der Waals surface area (Å²) in [6, 6.07) is 14.5. The number of carbonyl (C=O) groups excluding carboxylic acids is 2. The van der Waals surface area contributed by atoms with Crippen molar-refractivity contribution in [1.82, 2.24) is 0 Å². The first-order valence-corrected chi connectivity index (χ1v) is 7.75. The van der Waals surface area contributed by atoms with Crippen molar-refractivity contribution in [3.05, 3.63) is 59.7 Å². The number of amides is 1. The first-order valence-electron chi connectivity index (χ1n) is 7.75. The van der Waals surface area contributed by atoms with Crippen LogP contribution in [0.15, 0.2) is 48.5 Å². The molecule has 2 aromatic rings. The number of carbonyl (C=O) groups is 2. The molecule has 1 aliphatic carbocycles. The van der Waals surface area contributed by atoms with Gasteiger partial charge in [0.05, 0.1) is 19.8 Å². The molecule has 1 saturated carbocycles. The predicted octanol–water partition coefficient (Wildman–Crippen LogP) is 3.22. The molecule has 0 aliphatic heterocycles. The van der Waals surface area contributed by atoms with Crippen LogP contribution in [0.1, 0.15) is 28.3 Å². The number of esters is 1. The zero-order chi connectivity index (χ0) is 17.1. The highest BCUT2D eigenvalue weighted by atomic mass is 16.5. The van der Waals surface area contributed by atoms with Gasteiger partial charge in [0.1, 0.15) is 5.75 Å². The van der Waals surface area contributed by atoms with E-state index >= 15 is 0 Å². The second-order valence-electron chi connectivity index (χ2n) is 5.78. The maximum absolute atomic E-state index is 12.4. The Bertz CT molecular complexity index is 754. The number of rotatable bonds is 5. The Balaban J connectivity index is 1.63. The molecular formula is C19H19NO4. The average Bonchev–Trinajstić information content (AvgIpc) is 3.42. The summed E-state index contributed by atoms with van der Waals surface area (Å²) in [5.74, 6) is 0.548. The van der Waals surface area contributed by atoms with E-state index in [1.807, 2.05) is 24.3 Å². The Kier molecular flexibility index (Phi) is 4.51. The number of benzene rings is 2. The Morgan fingerprint density at radius 3 is 2.50 bits per heavy atom. The van der Waals surface area contributed by atoms with Crippen molar-refractivity contribution in [2.45, 2.75) is 12.3 Å². The van der Waals surface area contributed by atoms with Gasteiger partial charge < -0.3 is 14.8 Å². The fourth-order valence-electron chi connectivity index (χ4n) is 2.78. The van der Waals surface area contributed by atoms with Crippen LogP contribution in [-0.4, -0.2) is 26.1 Å². The maximum atomic E-state index is 12.4. The van der Waals surface area contributed by atoms with Crippen LogP contribution in [0, 0.1) is 5.92 Å². The molecule has 0 saturated heterocycles. The summed E-state index contributed by atoms with van der Waals surface area (Å²) in [6.07, 6.45) is 0.828. The van der Waals surface area contributed by atoms with Crippen LogP contribution in [0.5, 0.6) is 5.75 Å². The number of anilines is 1. The van der Waals surface area contributed by atoms with Gasteiger partial charge in [-0.05, 0) is 48.2 Å². The quantitative estimate of drug-likeness (QED) is 0.857. The number of hydrogen-bond acceptors (Lipinski definition) is 4. The summed E-state index contributed by atoms with van der Waals surface area (Å²) < 4.78 is 9.83. The van der Waals surface area contributed by atoms with Gasteiger partial charge in [-0.2, -0.15) is 0 Å². The lowest BCUT2D eigenvalue weighted by atomic mass is 10.1. The van der Waals surface area contributed by atoms with Crippen LogP contribution in [-0.2, 0) is 9.53 Å². The highest BCUT2D eigenvalue weighted by molar-refractivity contribution is 5.97. The van der Waals surface area contributed by atoms with Crippen molar-refractivity contribution in [2.75, 3.05) is 19.5 Å². The number of methoxy groups -OCH3 is 2. The summed E-state index contributed by atoms with van der Waals surface area (Å²) in [7, 11) is 2.96. The summed E-state index contributed by atoms with van der Waals surface area (Å²) in [5.41, 5.74) is 2.15. The van der Waals surface area contributed by atoms with Gasteiger partial charge in [0.2, 0.25) is 5.91 Å². The van der Waals surface area contributed by atoms with Crippen molar-refractivity contribution in [1.29, 1.82) is 0 Å². The maximum Gasteiger partial charge on any atom is 0.337 e. The van der Waals surface area contributed by atoms with Crippen molar-refractivity contribution in [2.24, 2.45) is 5.92 Å². The van der Waals surface area contributed by atoms with Gasteiger partial charge in [0.15, 0.2) is 0 Å². The lowest BCUT2D eigenvalue weighted by molar-refractivity contribution is -0.117. The summed E-state index contributed by atoms with van der Waals surface area (Å²) >= 11 is 0. The van der Waals surface area contributed by atoms with Crippen molar-refractivity contribution in [3.63, 3.8) is 0 Å². The van der Waals surface area contributed by atoms with Crippen LogP contribution in [0.3, 0.4) is 0 Å². The molecule has 2 unspecified atom stereocenters. The number of hydrogen-bond donors (Lipinski definition) is 1. The highest BCUT2D eigenvalue weighted by Gasteiger charge is 2.43. The molecule has 2 aromatic carbocycles. The molecule has 0 bridgehead atoms. The van der Waals surface area contributed by atoms with Gasteiger partial charge in [-0.15, -0.1) is 0 Å². The van der Waals surface area contributed by atoms with E-state index in [1.54, 1.807) is 31.4 Å². The summed E-state index contributed by atoms with van der Waals surface area (Å²) in [6.45, 7) is 0. The van der Waals surface area contributed by atoms with Crippen LogP contribution in [0.25, 0.3) is 0 Å². The molecule has 1 amide bonds. The standard InChI is InChI=1S/C19H19NO4/c1-23-15-8-6-12(7-9-15)16-11-17(16)18(21)20-14-5-3-4-13(10-14)19(22)24-2/h3-10,16-17H,11H2,1-2H3,(H,20,21). The molecule has 0 heterocycles. The summed E-state index contributed by atoms with van der Waals surface area (Å²) in [5, 5.41) is 2.87. The van der Waals surface area contributed by atoms with E-state index in [9.17, 15) is 9.59 Å². The molecule has 1 N–H and O–H groups in total. The molecule has 1 fully saturated rings. The van der Waals surface area contributed by atoms with Crippen LogP contribution >= 0.6 is 0 Å². The van der Waals surface area contributed by atoms with Crippen LogP contribution in [0.4, 0.5) is 5.69 Å². The molecule has 24 heavy (non-hydrogen) atoms. The molecule has 3 rings (SSSR count). The minimum atomic E-state index is -0.423. The first kappa shape index (κ1) is 16.1. The zero-order valence-electron chi connectivity index (χ0n) is 13.6. The molecule has 124 valence electrons. The third-order valence-electron chi connectivity index (χ3n) is 4.22. The van der Waals surface area contributed by atoms with Crippen molar-refractivity contribution in [3.8, 4) is 5.75 Å². The Morgan fingerprint density at radius 1 is 1.08 bits per heavy atom. The highest BCUT2D eigenvalue weighted by Crippen LogP contribution is 2.48. The first-order chi connectivity index (χ1) is 11.6. The van der Waals surface area contributed by atoms with E-state index in [4.69, 9.17) is 4.74 Å². The van der Waals surface area contributed by atoms with E-state index in [-0.39, 0.29) is 17.7 Å². The molecule has 0 spiro atoms. The second-order valence-corrected chi connectivity index (χ2v) is 5.78. The Morgan fingerprint density at radius 2 is 1.83 bits per heavy atom. The molecule has 0 radical (unpaired) electrons. The second kappa shape index (κ2) is 6.74. The van der Waals surface area contributed by atoms with Gasteiger partial charge in [-0.1, -0.05) is 18.2 Å². The van der Waals surface area contributed by atoms with Gasteiger partial charge in [0, 0.05) is 11.6 Å². The smallest absolute Gasteiger partial charge is 0.337 e. The van der Waals surface area contributed by atoms with Gasteiger partial charge in [-0.25, -0.2) is 4.79 Å². The van der Waals surface area contributed by atoms with Gasteiger partial charge in [0.25, 0.3) is 0 Å². The Labute approximate surface area is 140 Å². The van der Waals surface area contributed by atoms with Crippen molar-refractivity contribution < 1.29 is 19.1 Å². The Hall–Kier alpha value is -2.82. The largest absolute Gasteiger partial charge is 0.497 e. The normalized spacial score (nSPS) is 18.6. The third-order valence-corrected chi connectivity index (χ3v) is 4.22. The minimum absolute atomic E-state index is 0.0298. The van der Waals surface area contributed by atoms with Gasteiger partial charge >= 0.3 is 5.97 Å². The SMILES string of the molecule is COC(=O)c1cccc(NC(=O)C2CC2c2ccc(OC)cc2)c1. The molecule has 5 nitrogen and oxygen atoms in total. The summed E-state index contributed by atoms with van der Waals surface area (Å²) in [4.78, 5) is 23.9. The van der Waals surface area contributed by atoms with Crippen LogP contribution in [0.2, 0.25) is 0 Å². The average molecular weight is 325 g/mol. The van der Waals surface area contributed by atoms with E-state index in [0.717, 1.165) is 17.7 Å².